The average molecular weight is 220 g/mol. The van der Waals surface area contributed by atoms with Crippen LogP contribution < -0.4 is 5.32 Å². The van der Waals surface area contributed by atoms with Crippen molar-refractivity contribution in [3.8, 4) is 0 Å². The van der Waals surface area contributed by atoms with Crippen LogP contribution in [-0.2, 0) is 13.6 Å². The third-order valence-corrected chi connectivity index (χ3v) is 3.95. The fourth-order valence-electron chi connectivity index (χ4n) is 2.67. The lowest BCUT2D eigenvalue weighted by Crippen LogP contribution is -2.41. The first kappa shape index (κ1) is 11.7. The number of aromatic nitrogens is 1. The van der Waals surface area contributed by atoms with Gasteiger partial charge in [-0.25, -0.2) is 0 Å². The summed E-state index contributed by atoms with van der Waals surface area (Å²) in [7, 11) is 2.12. The van der Waals surface area contributed by atoms with Gasteiger partial charge >= 0.3 is 0 Å². The van der Waals surface area contributed by atoms with Crippen LogP contribution in [0.3, 0.4) is 0 Å². The second-order valence-corrected chi connectivity index (χ2v) is 5.44. The van der Waals surface area contributed by atoms with Crippen molar-refractivity contribution >= 4 is 0 Å². The zero-order valence-corrected chi connectivity index (χ0v) is 10.6. The number of nitrogens with zero attached hydrogens (tertiary/aromatic N) is 1. The lowest BCUT2D eigenvalue weighted by Gasteiger charge is -2.29. The minimum atomic E-state index is 0.362. The standard InChI is InChI=1S/C14H24N2/c1-14(9-5-3-4-6-10-14)15-12-13-8-7-11-16(13)2/h7-8,11,15H,3-6,9-10,12H2,1-2H3. The minimum Gasteiger partial charge on any atom is -0.353 e. The molecule has 1 aliphatic carbocycles. The van der Waals surface area contributed by atoms with Gasteiger partial charge in [-0.15, -0.1) is 0 Å². The van der Waals surface area contributed by atoms with E-state index in [0.717, 1.165) is 6.54 Å². The molecular weight excluding hydrogens is 196 g/mol. The average Bonchev–Trinajstić information content (AvgIpc) is 2.54. The van der Waals surface area contributed by atoms with Gasteiger partial charge in [0.05, 0.1) is 0 Å². The van der Waals surface area contributed by atoms with E-state index in [1.165, 1.54) is 44.2 Å². The van der Waals surface area contributed by atoms with Crippen molar-refractivity contribution in [1.82, 2.24) is 9.88 Å². The Morgan fingerprint density at radius 1 is 1.25 bits per heavy atom. The first-order valence-corrected chi connectivity index (χ1v) is 6.55. The molecule has 2 heteroatoms. The summed E-state index contributed by atoms with van der Waals surface area (Å²) in [6.07, 6.45) is 10.4. The Bertz CT molecular complexity index is 319. The van der Waals surface area contributed by atoms with Gasteiger partial charge in [-0.1, -0.05) is 25.7 Å². The van der Waals surface area contributed by atoms with Crippen LogP contribution in [0.1, 0.15) is 51.1 Å². The molecule has 1 aliphatic rings. The van der Waals surface area contributed by atoms with Gasteiger partial charge in [-0.05, 0) is 31.9 Å². The molecule has 2 rings (SSSR count). The summed E-state index contributed by atoms with van der Waals surface area (Å²) in [6, 6.07) is 4.32. The molecule has 0 bridgehead atoms. The third kappa shape index (κ3) is 2.88. The molecule has 0 unspecified atom stereocenters. The van der Waals surface area contributed by atoms with Crippen molar-refractivity contribution < 1.29 is 0 Å². The van der Waals surface area contributed by atoms with Crippen LogP contribution in [0.4, 0.5) is 0 Å². The monoisotopic (exact) mass is 220 g/mol. The molecule has 1 saturated carbocycles. The van der Waals surface area contributed by atoms with Gasteiger partial charge in [0.25, 0.3) is 0 Å². The second kappa shape index (κ2) is 5.05. The highest BCUT2D eigenvalue weighted by atomic mass is 15.0. The fourth-order valence-corrected chi connectivity index (χ4v) is 2.67. The topological polar surface area (TPSA) is 17.0 Å². The molecule has 1 aromatic heterocycles. The molecule has 0 amide bonds. The van der Waals surface area contributed by atoms with E-state index in [1.807, 2.05) is 0 Å². The van der Waals surface area contributed by atoms with Gasteiger partial charge in [0.1, 0.15) is 0 Å². The Hall–Kier alpha value is -0.760. The Labute approximate surface area is 99.0 Å². The number of nitrogens with one attached hydrogen (secondary N) is 1. The van der Waals surface area contributed by atoms with E-state index in [1.54, 1.807) is 0 Å². The molecule has 16 heavy (non-hydrogen) atoms. The second-order valence-electron chi connectivity index (χ2n) is 5.44. The molecule has 1 heterocycles. The van der Waals surface area contributed by atoms with Crippen LogP contribution in [0.2, 0.25) is 0 Å². The van der Waals surface area contributed by atoms with Crippen LogP contribution >= 0.6 is 0 Å². The summed E-state index contributed by atoms with van der Waals surface area (Å²) < 4.78 is 2.20. The van der Waals surface area contributed by atoms with Gasteiger partial charge < -0.3 is 9.88 Å². The van der Waals surface area contributed by atoms with Crippen LogP contribution in [-0.4, -0.2) is 10.1 Å². The van der Waals surface area contributed by atoms with Gasteiger partial charge in [0, 0.05) is 31.0 Å². The van der Waals surface area contributed by atoms with E-state index >= 15 is 0 Å². The SMILES string of the molecule is Cn1cccc1CNC1(C)CCCCCC1. The zero-order chi connectivity index (χ0) is 11.4. The largest absolute Gasteiger partial charge is 0.353 e. The molecule has 0 atom stereocenters. The maximum Gasteiger partial charge on any atom is 0.0363 e. The quantitative estimate of drug-likeness (QED) is 0.774. The van der Waals surface area contributed by atoms with Crippen molar-refractivity contribution in [3.05, 3.63) is 24.0 Å². The van der Waals surface area contributed by atoms with Crippen molar-refractivity contribution in [2.45, 2.75) is 57.5 Å². The summed E-state index contributed by atoms with van der Waals surface area (Å²) in [4.78, 5) is 0. The highest BCUT2D eigenvalue weighted by Gasteiger charge is 2.24. The van der Waals surface area contributed by atoms with Gasteiger partial charge in [-0.2, -0.15) is 0 Å². The molecule has 0 saturated heterocycles. The Morgan fingerprint density at radius 2 is 1.94 bits per heavy atom. The normalized spacial score (nSPS) is 20.6. The van der Waals surface area contributed by atoms with E-state index in [4.69, 9.17) is 0 Å². The van der Waals surface area contributed by atoms with Crippen molar-refractivity contribution in [1.29, 1.82) is 0 Å². The summed E-state index contributed by atoms with van der Waals surface area (Å²) in [5, 5.41) is 3.76. The lowest BCUT2D eigenvalue weighted by atomic mass is 9.92. The summed E-state index contributed by atoms with van der Waals surface area (Å²) in [6.45, 7) is 3.39. The van der Waals surface area contributed by atoms with Crippen molar-refractivity contribution in [2.75, 3.05) is 0 Å². The van der Waals surface area contributed by atoms with Crippen LogP contribution in [0, 0.1) is 0 Å². The van der Waals surface area contributed by atoms with Gasteiger partial charge in [0.2, 0.25) is 0 Å². The van der Waals surface area contributed by atoms with E-state index in [-0.39, 0.29) is 0 Å². The molecule has 0 spiro atoms. The van der Waals surface area contributed by atoms with Crippen molar-refractivity contribution in [3.63, 3.8) is 0 Å². The highest BCUT2D eigenvalue weighted by Crippen LogP contribution is 2.26. The fraction of sp³-hybridized carbons (Fsp3) is 0.714. The van der Waals surface area contributed by atoms with Gasteiger partial charge in [-0.3, -0.25) is 0 Å². The van der Waals surface area contributed by atoms with E-state index in [9.17, 15) is 0 Å². The smallest absolute Gasteiger partial charge is 0.0363 e. The molecular formula is C14H24N2. The van der Waals surface area contributed by atoms with E-state index in [0.29, 0.717) is 5.54 Å². The molecule has 2 nitrogen and oxygen atoms in total. The third-order valence-electron chi connectivity index (χ3n) is 3.95. The van der Waals surface area contributed by atoms with Crippen LogP contribution in [0.5, 0.6) is 0 Å². The summed E-state index contributed by atoms with van der Waals surface area (Å²) >= 11 is 0. The number of hydrogen-bond donors (Lipinski definition) is 1. The molecule has 1 aromatic rings. The Morgan fingerprint density at radius 3 is 2.50 bits per heavy atom. The van der Waals surface area contributed by atoms with Gasteiger partial charge in [0.15, 0.2) is 0 Å². The molecule has 1 N–H and O–H groups in total. The maximum atomic E-state index is 3.76. The molecule has 0 aromatic carbocycles. The number of rotatable bonds is 3. The van der Waals surface area contributed by atoms with Crippen LogP contribution in [0.15, 0.2) is 18.3 Å². The van der Waals surface area contributed by atoms with E-state index < -0.39 is 0 Å². The predicted octanol–water partition coefficient (Wildman–Crippen LogP) is 3.23. The molecule has 1 fully saturated rings. The molecule has 0 radical (unpaired) electrons. The number of aryl methyl sites for hydroxylation is 1. The minimum absolute atomic E-state index is 0.362. The summed E-state index contributed by atoms with van der Waals surface area (Å²) in [5.41, 5.74) is 1.74. The zero-order valence-electron chi connectivity index (χ0n) is 10.6. The molecule has 0 aliphatic heterocycles. The Kier molecular flexibility index (Phi) is 3.70. The lowest BCUT2D eigenvalue weighted by molar-refractivity contribution is 0.308. The first-order valence-electron chi connectivity index (χ1n) is 6.55. The maximum absolute atomic E-state index is 3.76. The number of hydrogen-bond acceptors (Lipinski definition) is 1. The highest BCUT2D eigenvalue weighted by molar-refractivity contribution is 5.06. The summed E-state index contributed by atoms with van der Waals surface area (Å²) in [5.74, 6) is 0. The molecule has 90 valence electrons. The van der Waals surface area contributed by atoms with Crippen LogP contribution in [0.25, 0.3) is 0 Å². The predicted molar refractivity (Wildman–Crippen MR) is 68.4 cm³/mol. The first-order chi connectivity index (χ1) is 7.70. The van der Waals surface area contributed by atoms with Crippen molar-refractivity contribution in [2.24, 2.45) is 7.05 Å². The van der Waals surface area contributed by atoms with E-state index in [2.05, 4.69) is 42.2 Å². The Balaban J connectivity index is 1.90.